The van der Waals surface area contributed by atoms with Gasteiger partial charge in [-0.1, -0.05) is 0 Å². The van der Waals surface area contributed by atoms with Gasteiger partial charge in [0, 0.05) is 20.0 Å². The minimum atomic E-state index is -1.57. The molecule has 0 aromatic carbocycles. The Kier molecular flexibility index (Phi) is 7.53. The molecule has 7 nitrogen and oxygen atoms in total. The van der Waals surface area contributed by atoms with Gasteiger partial charge in [0.1, 0.15) is 17.6 Å². The quantitative estimate of drug-likeness (QED) is 0.308. The summed E-state index contributed by atoms with van der Waals surface area (Å²) in [7, 11) is 0. The zero-order chi connectivity index (χ0) is 14.3. The molecule has 0 saturated carbocycles. The van der Waals surface area contributed by atoms with Crippen LogP contribution in [0.25, 0.3) is 0 Å². The minimum Gasteiger partial charge on any atom is -0.508 e. The molecule has 0 aromatic heterocycles. The van der Waals surface area contributed by atoms with E-state index in [9.17, 15) is 20.1 Å². The van der Waals surface area contributed by atoms with Crippen LogP contribution >= 0.6 is 0 Å². The van der Waals surface area contributed by atoms with Crippen molar-refractivity contribution in [1.82, 2.24) is 5.32 Å². The molecule has 7 heteroatoms. The Labute approximate surface area is 106 Å². The number of aliphatic hydroxyl groups excluding tert-OH is 4. The van der Waals surface area contributed by atoms with Crippen molar-refractivity contribution in [2.45, 2.75) is 45.7 Å². The van der Waals surface area contributed by atoms with Crippen LogP contribution in [-0.4, -0.2) is 51.4 Å². The Bertz CT molecular complexity index is 302. The number of aliphatic hydroxyl groups is 4. The van der Waals surface area contributed by atoms with E-state index in [-0.39, 0.29) is 24.8 Å². The zero-order valence-electron chi connectivity index (χ0n) is 10.8. The van der Waals surface area contributed by atoms with Crippen molar-refractivity contribution in [3.63, 3.8) is 0 Å². The first-order valence-electron chi connectivity index (χ1n) is 5.62. The molecule has 0 fully saturated rings. The van der Waals surface area contributed by atoms with Crippen LogP contribution in [-0.2, 0) is 9.53 Å². The average molecular weight is 263 g/mol. The van der Waals surface area contributed by atoms with Crippen LogP contribution in [0.5, 0.6) is 0 Å². The molecule has 5 N–H and O–H groups in total. The lowest BCUT2D eigenvalue weighted by Crippen LogP contribution is -2.35. The van der Waals surface area contributed by atoms with E-state index in [1.807, 2.05) is 0 Å². The minimum absolute atomic E-state index is 0.122. The lowest BCUT2D eigenvalue weighted by molar-refractivity contribution is -0.125. The average Bonchev–Trinajstić information content (AvgIpc) is 2.23. The maximum Gasteiger partial charge on any atom is 0.221 e. The summed E-state index contributed by atoms with van der Waals surface area (Å²) in [5.74, 6) is -1.16. The van der Waals surface area contributed by atoms with Gasteiger partial charge < -0.3 is 30.5 Å². The molecule has 0 aliphatic rings. The van der Waals surface area contributed by atoms with Crippen molar-refractivity contribution < 1.29 is 30.0 Å². The Morgan fingerprint density at radius 1 is 1.33 bits per heavy atom. The van der Waals surface area contributed by atoms with Crippen molar-refractivity contribution in [3.05, 3.63) is 11.5 Å². The number of hydrogen-bond donors (Lipinski definition) is 5. The van der Waals surface area contributed by atoms with Crippen molar-refractivity contribution in [3.8, 4) is 0 Å². The summed E-state index contributed by atoms with van der Waals surface area (Å²) in [6.07, 6.45) is -3.42. The van der Waals surface area contributed by atoms with Crippen LogP contribution in [0.1, 0.15) is 27.2 Å². The molecule has 18 heavy (non-hydrogen) atoms. The van der Waals surface area contributed by atoms with Crippen molar-refractivity contribution in [2.24, 2.45) is 0 Å². The van der Waals surface area contributed by atoms with Gasteiger partial charge >= 0.3 is 0 Å². The van der Waals surface area contributed by atoms with Crippen LogP contribution in [0.3, 0.4) is 0 Å². The largest absolute Gasteiger partial charge is 0.508 e. The molecule has 0 spiro atoms. The van der Waals surface area contributed by atoms with Gasteiger partial charge in [0.05, 0.1) is 6.10 Å². The van der Waals surface area contributed by atoms with Gasteiger partial charge in [-0.3, -0.25) is 4.79 Å². The number of ether oxygens (including phenoxy) is 1. The Morgan fingerprint density at radius 2 is 1.89 bits per heavy atom. The summed E-state index contributed by atoms with van der Waals surface area (Å²) in [6.45, 7) is 4.17. The van der Waals surface area contributed by atoms with Crippen molar-refractivity contribution in [1.29, 1.82) is 0 Å². The lowest BCUT2D eigenvalue weighted by Gasteiger charge is -2.21. The van der Waals surface area contributed by atoms with E-state index >= 15 is 0 Å². The van der Waals surface area contributed by atoms with E-state index in [1.54, 1.807) is 13.8 Å². The molecule has 0 aromatic rings. The third-order valence-corrected chi connectivity index (χ3v) is 1.95. The summed E-state index contributed by atoms with van der Waals surface area (Å²) in [4.78, 5) is 11.0. The SMILES string of the molecule is CC(=O)N/C(=C(\O)[C@@H](O)CCO)[C@H](O)OC(C)C. The molecule has 2 atom stereocenters. The monoisotopic (exact) mass is 263 g/mol. The maximum atomic E-state index is 11.0. The summed E-state index contributed by atoms with van der Waals surface area (Å²) in [5, 5.41) is 39.7. The number of carbonyl (C=O) groups excluding carboxylic acids is 1. The van der Waals surface area contributed by atoms with E-state index in [2.05, 4.69) is 5.32 Å². The highest BCUT2D eigenvalue weighted by Crippen LogP contribution is 2.13. The third-order valence-electron chi connectivity index (χ3n) is 1.95. The molecular weight excluding hydrogens is 242 g/mol. The lowest BCUT2D eigenvalue weighted by atomic mass is 10.2. The fraction of sp³-hybridized carbons (Fsp3) is 0.727. The molecule has 0 saturated heterocycles. The van der Waals surface area contributed by atoms with E-state index in [0.717, 1.165) is 0 Å². The molecule has 0 radical (unpaired) electrons. The van der Waals surface area contributed by atoms with Crippen LogP contribution in [0.2, 0.25) is 0 Å². The molecule has 0 rings (SSSR count). The fourth-order valence-corrected chi connectivity index (χ4v) is 1.21. The predicted molar refractivity (Wildman–Crippen MR) is 63.4 cm³/mol. The number of hydrogen-bond acceptors (Lipinski definition) is 6. The number of carbonyl (C=O) groups is 1. The third kappa shape index (κ3) is 5.97. The Hall–Kier alpha value is -1.15. The van der Waals surface area contributed by atoms with Gasteiger partial charge in [0.25, 0.3) is 0 Å². The van der Waals surface area contributed by atoms with Crippen molar-refractivity contribution >= 4 is 5.91 Å². The van der Waals surface area contributed by atoms with Gasteiger partial charge in [-0.2, -0.15) is 0 Å². The summed E-state index contributed by atoms with van der Waals surface area (Å²) in [6, 6.07) is 0. The molecule has 0 bridgehead atoms. The molecule has 0 aliphatic heterocycles. The van der Waals surface area contributed by atoms with Crippen molar-refractivity contribution in [2.75, 3.05) is 6.61 Å². The molecule has 0 aliphatic carbocycles. The van der Waals surface area contributed by atoms with Crippen LogP contribution in [0.15, 0.2) is 11.5 Å². The van der Waals surface area contributed by atoms with Gasteiger partial charge in [0.15, 0.2) is 6.29 Å². The fourth-order valence-electron chi connectivity index (χ4n) is 1.21. The molecule has 1 amide bonds. The summed E-state index contributed by atoms with van der Waals surface area (Å²) < 4.78 is 5.01. The highest BCUT2D eigenvalue weighted by Gasteiger charge is 2.23. The van der Waals surface area contributed by atoms with Gasteiger partial charge in [-0.05, 0) is 13.8 Å². The molecule has 0 unspecified atom stereocenters. The standard InChI is InChI=1S/C11H21NO6/c1-6(2)18-11(17)9(12-7(3)14)10(16)8(15)4-5-13/h6,8,11,13,15-17H,4-5H2,1-3H3,(H,12,14)/b10-9-/t8-,11+/m0/s1. The smallest absolute Gasteiger partial charge is 0.221 e. The summed E-state index contributed by atoms with van der Waals surface area (Å²) in [5.41, 5.74) is -0.322. The normalized spacial score (nSPS) is 16.2. The second-order valence-corrected chi connectivity index (χ2v) is 4.05. The number of amides is 1. The van der Waals surface area contributed by atoms with Gasteiger partial charge in [-0.25, -0.2) is 0 Å². The molecule has 0 heterocycles. The van der Waals surface area contributed by atoms with Crippen LogP contribution < -0.4 is 5.32 Å². The maximum absolute atomic E-state index is 11.0. The second kappa shape index (κ2) is 8.04. The molecular formula is C11H21NO6. The predicted octanol–water partition coefficient (Wildman–Crippen LogP) is -0.621. The van der Waals surface area contributed by atoms with Crippen LogP contribution in [0.4, 0.5) is 0 Å². The first-order chi connectivity index (χ1) is 8.29. The summed E-state index contributed by atoms with van der Waals surface area (Å²) >= 11 is 0. The first-order valence-corrected chi connectivity index (χ1v) is 5.62. The van der Waals surface area contributed by atoms with E-state index in [0.29, 0.717) is 0 Å². The van der Waals surface area contributed by atoms with Crippen LogP contribution in [0, 0.1) is 0 Å². The molecule has 106 valence electrons. The number of rotatable bonds is 7. The van der Waals surface area contributed by atoms with E-state index < -0.39 is 24.1 Å². The van der Waals surface area contributed by atoms with Gasteiger partial charge in [0.2, 0.25) is 5.91 Å². The van der Waals surface area contributed by atoms with E-state index in [4.69, 9.17) is 9.84 Å². The highest BCUT2D eigenvalue weighted by atomic mass is 16.6. The number of nitrogens with one attached hydrogen (secondary N) is 1. The van der Waals surface area contributed by atoms with Gasteiger partial charge in [-0.15, -0.1) is 0 Å². The first kappa shape index (κ1) is 16.9. The topological polar surface area (TPSA) is 119 Å². The van der Waals surface area contributed by atoms with E-state index in [1.165, 1.54) is 6.92 Å². The Balaban J connectivity index is 5.05. The zero-order valence-corrected chi connectivity index (χ0v) is 10.8. The highest BCUT2D eigenvalue weighted by molar-refractivity contribution is 5.75. The Morgan fingerprint density at radius 3 is 2.28 bits per heavy atom. The second-order valence-electron chi connectivity index (χ2n) is 4.05.